The van der Waals surface area contributed by atoms with Gasteiger partial charge in [0.1, 0.15) is 0 Å². The SMILES string of the molecule is CS(=O)(=O)c1ccc(C2(NC(=O)C3C4Cc5ccccc5C43)CCOC2)cc1. The van der Waals surface area contributed by atoms with Crippen molar-refractivity contribution < 1.29 is 17.9 Å². The highest BCUT2D eigenvalue weighted by molar-refractivity contribution is 7.90. The monoisotopic (exact) mass is 397 g/mol. The number of fused-ring (bicyclic) bond motifs is 3. The topological polar surface area (TPSA) is 72.5 Å². The minimum Gasteiger partial charge on any atom is -0.379 e. The summed E-state index contributed by atoms with van der Waals surface area (Å²) in [5.41, 5.74) is 3.01. The molecule has 2 aromatic rings. The van der Waals surface area contributed by atoms with Crippen LogP contribution in [-0.2, 0) is 31.3 Å². The number of sulfone groups is 1. The van der Waals surface area contributed by atoms with Gasteiger partial charge in [0, 0.05) is 25.2 Å². The van der Waals surface area contributed by atoms with Crippen molar-refractivity contribution in [2.24, 2.45) is 11.8 Å². The van der Waals surface area contributed by atoms with E-state index in [9.17, 15) is 13.2 Å². The number of rotatable bonds is 4. The normalized spacial score (nSPS) is 30.5. The van der Waals surface area contributed by atoms with Gasteiger partial charge in [-0.05, 0) is 47.1 Å². The predicted octanol–water partition coefficient (Wildman–Crippen LogP) is 2.41. The first kappa shape index (κ1) is 17.9. The second kappa shape index (κ2) is 6.16. The van der Waals surface area contributed by atoms with Crippen molar-refractivity contribution in [3.63, 3.8) is 0 Å². The Kier molecular flexibility index (Phi) is 3.93. The molecule has 1 saturated heterocycles. The van der Waals surface area contributed by atoms with Crippen molar-refractivity contribution >= 4 is 15.7 Å². The lowest BCUT2D eigenvalue weighted by atomic mass is 9.88. The quantitative estimate of drug-likeness (QED) is 0.860. The van der Waals surface area contributed by atoms with Gasteiger partial charge in [0.25, 0.3) is 0 Å². The number of nitrogens with one attached hydrogen (secondary N) is 1. The molecule has 28 heavy (non-hydrogen) atoms. The number of hydrogen-bond acceptors (Lipinski definition) is 4. The molecule has 1 saturated carbocycles. The van der Waals surface area contributed by atoms with E-state index in [-0.39, 0.29) is 16.7 Å². The molecule has 146 valence electrons. The zero-order valence-electron chi connectivity index (χ0n) is 15.7. The van der Waals surface area contributed by atoms with Crippen LogP contribution >= 0.6 is 0 Å². The Morgan fingerprint density at radius 1 is 1.14 bits per heavy atom. The van der Waals surface area contributed by atoms with Gasteiger partial charge in [-0.3, -0.25) is 4.79 Å². The van der Waals surface area contributed by atoms with Crippen LogP contribution in [0.15, 0.2) is 53.4 Å². The highest BCUT2D eigenvalue weighted by Crippen LogP contribution is 2.61. The maximum atomic E-state index is 13.1. The number of benzene rings is 2. The van der Waals surface area contributed by atoms with Crippen LogP contribution in [0.3, 0.4) is 0 Å². The second-order valence-corrected chi connectivity index (χ2v) is 10.3. The van der Waals surface area contributed by atoms with E-state index < -0.39 is 15.4 Å². The van der Waals surface area contributed by atoms with Crippen molar-refractivity contribution in [3.05, 3.63) is 65.2 Å². The highest BCUT2D eigenvalue weighted by Gasteiger charge is 2.60. The Morgan fingerprint density at radius 2 is 1.89 bits per heavy atom. The first-order valence-electron chi connectivity index (χ1n) is 9.67. The first-order valence-corrected chi connectivity index (χ1v) is 11.6. The molecule has 0 bridgehead atoms. The Morgan fingerprint density at radius 3 is 2.57 bits per heavy atom. The van der Waals surface area contributed by atoms with E-state index >= 15 is 0 Å². The largest absolute Gasteiger partial charge is 0.379 e. The zero-order valence-corrected chi connectivity index (χ0v) is 16.5. The van der Waals surface area contributed by atoms with Crippen molar-refractivity contribution in [3.8, 4) is 0 Å². The molecule has 5 nitrogen and oxygen atoms in total. The van der Waals surface area contributed by atoms with Crippen LogP contribution in [-0.4, -0.2) is 33.8 Å². The lowest BCUT2D eigenvalue weighted by molar-refractivity contribution is -0.125. The van der Waals surface area contributed by atoms with Gasteiger partial charge in [-0.1, -0.05) is 36.4 Å². The Bertz CT molecular complexity index is 1040. The van der Waals surface area contributed by atoms with Gasteiger partial charge in [0.15, 0.2) is 9.84 Å². The van der Waals surface area contributed by atoms with Gasteiger partial charge in [0.2, 0.25) is 5.91 Å². The molecule has 1 aliphatic heterocycles. The van der Waals surface area contributed by atoms with Crippen molar-refractivity contribution in [2.75, 3.05) is 19.5 Å². The number of amides is 1. The Labute approximate surface area is 165 Å². The van der Waals surface area contributed by atoms with E-state index in [0.29, 0.717) is 31.5 Å². The van der Waals surface area contributed by atoms with Crippen molar-refractivity contribution in [1.82, 2.24) is 5.32 Å². The minimum atomic E-state index is -3.25. The van der Waals surface area contributed by atoms with E-state index in [2.05, 4.69) is 23.5 Å². The molecule has 0 aromatic heterocycles. The summed E-state index contributed by atoms with van der Waals surface area (Å²) in [7, 11) is -3.25. The summed E-state index contributed by atoms with van der Waals surface area (Å²) < 4.78 is 29.1. The van der Waals surface area contributed by atoms with Crippen LogP contribution in [0.25, 0.3) is 0 Å². The minimum absolute atomic E-state index is 0.0302. The molecule has 0 spiro atoms. The van der Waals surface area contributed by atoms with Crippen LogP contribution in [0, 0.1) is 11.8 Å². The third-order valence-electron chi connectivity index (χ3n) is 6.56. The number of carbonyl (C=O) groups excluding carboxylic acids is 1. The molecule has 6 heteroatoms. The molecule has 2 aromatic carbocycles. The fourth-order valence-corrected chi connectivity index (χ4v) is 5.64. The number of ether oxygens (including phenoxy) is 1. The maximum Gasteiger partial charge on any atom is 0.224 e. The zero-order chi connectivity index (χ0) is 19.5. The lowest BCUT2D eigenvalue weighted by Gasteiger charge is -2.30. The summed E-state index contributed by atoms with van der Waals surface area (Å²) in [4.78, 5) is 13.4. The lowest BCUT2D eigenvalue weighted by Crippen LogP contribution is -2.47. The fraction of sp³-hybridized carbons (Fsp3) is 0.409. The molecule has 1 N–H and O–H groups in total. The van der Waals surface area contributed by atoms with Crippen molar-refractivity contribution in [2.45, 2.75) is 29.2 Å². The van der Waals surface area contributed by atoms with Crippen molar-refractivity contribution in [1.29, 1.82) is 0 Å². The summed E-state index contributed by atoms with van der Waals surface area (Å²) in [5, 5.41) is 3.27. The molecule has 3 aliphatic rings. The average molecular weight is 397 g/mol. The molecule has 0 radical (unpaired) electrons. The smallest absolute Gasteiger partial charge is 0.224 e. The van der Waals surface area contributed by atoms with Crippen LogP contribution in [0.1, 0.15) is 29.0 Å². The summed E-state index contributed by atoms with van der Waals surface area (Å²) >= 11 is 0. The Balaban J connectivity index is 1.38. The second-order valence-electron chi connectivity index (χ2n) is 8.29. The third-order valence-corrected chi connectivity index (χ3v) is 7.69. The van der Waals surface area contributed by atoms with Crippen LogP contribution in [0.5, 0.6) is 0 Å². The van der Waals surface area contributed by atoms with Gasteiger partial charge in [-0.15, -0.1) is 0 Å². The molecule has 1 heterocycles. The number of carbonyl (C=O) groups is 1. The third kappa shape index (κ3) is 2.78. The molecule has 4 unspecified atom stereocenters. The van der Waals surface area contributed by atoms with E-state index in [1.807, 2.05) is 6.07 Å². The molecule has 1 amide bonds. The predicted molar refractivity (Wildman–Crippen MR) is 105 cm³/mol. The van der Waals surface area contributed by atoms with Crippen LogP contribution in [0.2, 0.25) is 0 Å². The molecule has 5 rings (SSSR count). The van der Waals surface area contributed by atoms with Gasteiger partial charge >= 0.3 is 0 Å². The maximum absolute atomic E-state index is 13.1. The van der Waals surface area contributed by atoms with E-state index in [1.165, 1.54) is 17.4 Å². The van der Waals surface area contributed by atoms with Gasteiger partial charge < -0.3 is 10.1 Å². The van der Waals surface area contributed by atoms with E-state index in [0.717, 1.165) is 12.0 Å². The molecule has 2 fully saturated rings. The summed E-state index contributed by atoms with van der Waals surface area (Å²) in [6.45, 7) is 0.990. The van der Waals surface area contributed by atoms with Crippen LogP contribution in [0.4, 0.5) is 0 Å². The molecule has 4 atom stereocenters. The summed E-state index contributed by atoms with van der Waals surface area (Å²) in [5.74, 6) is 0.859. The fourth-order valence-electron chi connectivity index (χ4n) is 5.01. The average Bonchev–Trinajstić information content (AvgIpc) is 3.01. The summed E-state index contributed by atoms with van der Waals surface area (Å²) in [6, 6.07) is 15.2. The molecule has 2 aliphatic carbocycles. The molecular formula is C22H23NO4S. The van der Waals surface area contributed by atoms with Gasteiger partial charge in [-0.25, -0.2) is 8.42 Å². The molecular weight excluding hydrogens is 374 g/mol. The first-order chi connectivity index (χ1) is 13.4. The summed E-state index contributed by atoms with van der Waals surface area (Å²) in [6.07, 6.45) is 2.86. The standard InChI is InChI=1S/C22H23NO4S/c1-28(25,26)16-8-6-15(7-9-16)22(10-11-27-13-22)23-21(24)20-18-12-14-4-2-3-5-17(14)19(18)20/h2-9,18-20H,10-13H2,1H3,(H,23,24). The van der Waals surface area contributed by atoms with Gasteiger partial charge in [0.05, 0.1) is 17.0 Å². The van der Waals surface area contributed by atoms with Gasteiger partial charge in [-0.2, -0.15) is 0 Å². The van der Waals surface area contributed by atoms with E-state index in [4.69, 9.17) is 4.74 Å². The Hall–Kier alpha value is -2.18. The van der Waals surface area contributed by atoms with E-state index in [1.54, 1.807) is 24.3 Å². The number of hydrogen-bond donors (Lipinski definition) is 1. The highest BCUT2D eigenvalue weighted by atomic mass is 32.2. The van der Waals surface area contributed by atoms with Crippen LogP contribution < -0.4 is 5.32 Å².